The molecule has 1 aromatic carbocycles. The third-order valence-corrected chi connectivity index (χ3v) is 9.91. The van der Waals surface area contributed by atoms with Crippen LogP contribution in [0.15, 0.2) is 60.1 Å². The van der Waals surface area contributed by atoms with E-state index in [1.807, 2.05) is 48.7 Å². The number of nitrogens with one attached hydrogen (secondary N) is 1. The number of anilines is 1. The summed E-state index contributed by atoms with van der Waals surface area (Å²) in [6.45, 7) is 6.38. The fraction of sp³-hybridized carbons (Fsp3) is 0.467. The fourth-order valence-electron chi connectivity index (χ4n) is 5.85. The largest absolute Gasteiger partial charge is 0.364 e. The van der Waals surface area contributed by atoms with Gasteiger partial charge in [-0.15, -0.1) is 0 Å². The first-order chi connectivity index (χ1) is 20.2. The maximum Gasteiger partial charge on any atom is 0.317 e. The van der Waals surface area contributed by atoms with Crippen LogP contribution in [0.2, 0.25) is 0 Å². The highest BCUT2D eigenvalue weighted by molar-refractivity contribution is 7.89. The lowest BCUT2D eigenvalue weighted by Crippen LogP contribution is -2.53. The van der Waals surface area contributed by atoms with Gasteiger partial charge in [-0.05, 0) is 74.9 Å². The molecule has 11 nitrogen and oxygen atoms in total. The van der Waals surface area contributed by atoms with E-state index in [4.69, 9.17) is 0 Å². The number of likely N-dealkylation sites (tertiary alicyclic amines) is 1. The summed E-state index contributed by atoms with van der Waals surface area (Å²) in [5.41, 5.74) is 3.47. The fourth-order valence-corrected chi connectivity index (χ4v) is 7.47. The number of nitrogens with zero attached hydrogens (tertiary/aromatic N) is 7. The molecule has 1 saturated heterocycles. The van der Waals surface area contributed by atoms with Gasteiger partial charge in [-0.25, -0.2) is 23.2 Å². The molecular weight excluding hydrogens is 552 g/mol. The molecule has 5 rings (SSSR count). The van der Waals surface area contributed by atoms with E-state index in [0.29, 0.717) is 57.5 Å². The summed E-state index contributed by atoms with van der Waals surface area (Å²) in [4.78, 5) is 25.0. The maximum atomic E-state index is 14.2. The van der Waals surface area contributed by atoms with Gasteiger partial charge in [0.25, 0.3) is 10.0 Å². The Morgan fingerprint density at radius 3 is 2.64 bits per heavy atom. The monoisotopic (exact) mass is 590 g/mol. The Balaban J connectivity index is 1.45. The minimum absolute atomic E-state index is 0.0218. The molecule has 4 heterocycles. The molecule has 1 N–H and O–H groups in total. The number of pyridine rings is 1. The molecule has 2 amide bonds. The van der Waals surface area contributed by atoms with Gasteiger partial charge in [0, 0.05) is 63.4 Å². The Labute approximate surface area is 247 Å². The molecule has 0 aliphatic carbocycles. The number of benzene rings is 1. The second-order valence-electron chi connectivity index (χ2n) is 11.5. The Kier molecular flexibility index (Phi) is 8.80. The predicted octanol–water partition coefficient (Wildman–Crippen LogP) is 3.14. The summed E-state index contributed by atoms with van der Waals surface area (Å²) >= 11 is 0. The first-order valence-corrected chi connectivity index (χ1v) is 15.8. The van der Waals surface area contributed by atoms with Crippen LogP contribution >= 0.6 is 0 Å². The molecule has 3 aromatic rings. The second kappa shape index (κ2) is 12.5. The molecule has 2 aliphatic heterocycles. The number of aryl methyl sites for hydroxylation is 1. The molecule has 0 saturated carbocycles. The van der Waals surface area contributed by atoms with E-state index in [1.165, 1.54) is 6.20 Å². The van der Waals surface area contributed by atoms with Crippen LogP contribution in [0.5, 0.6) is 0 Å². The van der Waals surface area contributed by atoms with E-state index in [0.717, 1.165) is 16.9 Å². The minimum Gasteiger partial charge on any atom is -0.364 e. The van der Waals surface area contributed by atoms with Crippen LogP contribution in [-0.2, 0) is 30.0 Å². The van der Waals surface area contributed by atoms with Crippen molar-refractivity contribution in [2.75, 3.05) is 31.1 Å². The van der Waals surface area contributed by atoms with E-state index in [-0.39, 0.29) is 29.1 Å². The zero-order valence-electron chi connectivity index (χ0n) is 24.3. The van der Waals surface area contributed by atoms with Gasteiger partial charge in [0.05, 0.1) is 30.2 Å². The number of aromatic nitrogens is 3. The van der Waals surface area contributed by atoms with Crippen molar-refractivity contribution in [2.24, 2.45) is 13.0 Å². The van der Waals surface area contributed by atoms with Gasteiger partial charge < -0.3 is 19.7 Å². The van der Waals surface area contributed by atoms with Gasteiger partial charge in [0.2, 0.25) is 0 Å². The average Bonchev–Trinajstić information content (AvgIpc) is 3.39. The molecule has 1 atom stereocenters. The third kappa shape index (κ3) is 6.42. The molecule has 12 heteroatoms. The van der Waals surface area contributed by atoms with Gasteiger partial charge >= 0.3 is 6.03 Å². The third-order valence-electron chi connectivity index (χ3n) is 8.08. The molecule has 1 unspecified atom stereocenters. The second-order valence-corrected chi connectivity index (χ2v) is 13.3. The highest BCUT2D eigenvalue weighted by atomic mass is 32.2. The molecule has 0 radical (unpaired) electrons. The first-order valence-electron chi connectivity index (χ1n) is 14.4. The lowest BCUT2D eigenvalue weighted by molar-refractivity contribution is 0.155. The summed E-state index contributed by atoms with van der Waals surface area (Å²) in [6.07, 6.45) is 6.97. The Bertz CT molecular complexity index is 1540. The first kappa shape index (κ1) is 29.5. The number of sulfonamides is 1. The van der Waals surface area contributed by atoms with Crippen LogP contribution in [-0.4, -0.2) is 76.5 Å². The molecule has 2 aliphatic rings. The summed E-state index contributed by atoms with van der Waals surface area (Å²) in [5, 5.41) is 12.6. The summed E-state index contributed by atoms with van der Waals surface area (Å²) in [7, 11) is -2.00. The summed E-state index contributed by atoms with van der Waals surface area (Å²) in [5.74, 6) is 0.0870. The molecule has 0 bridgehead atoms. The van der Waals surface area contributed by atoms with E-state index < -0.39 is 10.0 Å². The zero-order chi connectivity index (χ0) is 29.9. The SMILES string of the molecule is CC(C)NC(=O)N1CCC(CN(C2Cc3cc(C#N)ccc3N(Cc3cncn3C)C2)S(=O)(=O)c2ccccn2)CC1. The van der Waals surface area contributed by atoms with Crippen molar-refractivity contribution < 1.29 is 13.2 Å². The normalized spacial score (nSPS) is 17.8. The summed E-state index contributed by atoms with van der Waals surface area (Å²) < 4.78 is 32.0. The van der Waals surface area contributed by atoms with Crippen LogP contribution in [0.3, 0.4) is 0 Å². The van der Waals surface area contributed by atoms with E-state index >= 15 is 0 Å². The quantitative estimate of drug-likeness (QED) is 0.427. The van der Waals surface area contributed by atoms with Crippen LogP contribution in [0.4, 0.5) is 10.5 Å². The Hall–Kier alpha value is -3.95. The van der Waals surface area contributed by atoms with Crippen molar-refractivity contribution >= 4 is 21.7 Å². The topological polar surface area (TPSA) is 127 Å². The van der Waals surface area contributed by atoms with Gasteiger partial charge in [0.15, 0.2) is 5.03 Å². The number of hydrogen-bond donors (Lipinski definition) is 1. The Morgan fingerprint density at radius 2 is 2.00 bits per heavy atom. The van der Waals surface area contributed by atoms with Crippen LogP contribution in [0.25, 0.3) is 0 Å². The summed E-state index contributed by atoms with van der Waals surface area (Å²) in [6, 6.07) is 12.4. The molecule has 0 spiro atoms. The molecular formula is C30H38N8O3S. The van der Waals surface area contributed by atoms with Gasteiger partial charge in [-0.2, -0.15) is 9.57 Å². The van der Waals surface area contributed by atoms with Crippen LogP contribution in [0.1, 0.15) is 43.5 Å². The number of carbonyl (C=O) groups is 1. The maximum absolute atomic E-state index is 14.2. The zero-order valence-corrected chi connectivity index (χ0v) is 25.2. The number of hydrogen-bond acceptors (Lipinski definition) is 7. The van der Waals surface area contributed by atoms with Crippen molar-refractivity contribution in [1.82, 2.24) is 29.1 Å². The number of fused-ring (bicyclic) bond motifs is 1. The van der Waals surface area contributed by atoms with Gasteiger partial charge in [0.1, 0.15) is 0 Å². The van der Waals surface area contributed by atoms with Crippen LogP contribution in [0, 0.1) is 17.2 Å². The number of piperidine rings is 1. The Morgan fingerprint density at radius 1 is 1.21 bits per heavy atom. The van der Waals surface area contributed by atoms with Crippen molar-refractivity contribution in [3.8, 4) is 6.07 Å². The lowest BCUT2D eigenvalue weighted by Gasteiger charge is -2.42. The van der Waals surface area contributed by atoms with Crippen molar-refractivity contribution in [2.45, 2.75) is 56.8 Å². The van der Waals surface area contributed by atoms with Gasteiger partial charge in [-0.3, -0.25) is 0 Å². The average molecular weight is 591 g/mol. The smallest absolute Gasteiger partial charge is 0.317 e. The molecule has 42 heavy (non-hydrogen) atoms. The van der Waals surface area contributed by atoms with Crippen molar-refractivity contribution in [1.29, 1.82) is 5.26 Å². The van der Waals surface area contributed by atoms with Crippen LogP contribution < -0.4 is 10.2 Å². The molecule has 2 aromatic heterocycles. The number of imidazole rings is 1. The van der Waals surface area contributed by atoms with E-state index in [2.05, 4.69) is 26.3 Å². The number of amides is 2. The minimum atomic E-state index is -3.94. The number of rotatable bonds is 8. The highest BCUT2D eigenvalue weighted by Crippen LogP contribution is 2.34. The molecule has 1 fully saturated rings. The molecule has 222 valence electrons. The standard InChI is InChI=1S/C30H38N8O3S/c1-22(2)34-30(39)36-12-9-23(10-13-36)18-38(42(40,41)29-6-4-5-11-33-29)26-15-25-14-24(16-31)7-8-28(25)37(19-26)20-27-17-32-21-35(27)3/h4-8,11,14,17,21-23,26H,9-10,12-13,15,18-20H2,1-3H3,(H,34,39). The van der Waals surface area contributed by atoms with E-state index in [9.17, 15) is 18.5 Å². The highest BCUT2D eigenvalue weighted by Gasteiger charge is 2.39. The lowest BCUT2D eigenvalue weighted by atomic mass is 9.93. The predicted molar refractivity (Wildman–Crippen MR) is 159 cm³/mol. The van der Waals surface area contributed by atoms with E-state index in [1.54, 1.807) is 34.9 Å². The number of urea groups is 1. The number of carbonyl (C=O) groups excluding carboxylic acids is 1. The number of nitriles is 1. The van der Waals surface area contributed by atoms with Crippen molar-refractivity contribution in [3.05, 3.63) is 71.9 Å². The van der Waals surface area contributed by atoms with Gasteiger partial charge in [-0.1, -0.05) is 6.07 Å². The van der Waals surface area contributed by atoms with Crippen molar-refractivity contribution in [3.63, 3.8) is 0 Å².